The fraction of sp³-hybridized carbons (Fsp3) is 0.167. The van der Waals surface area contributed by atoms with Gasteiger partial charge in [-0.3, -0.25) is 4.79 Å². The molecule has 0 aliphatic heterocycles. The van der Waals surface area contributed by atoms with E-state index in [1.54, 1.807) is 0 Å². The molecule has 2 aromatic carbocycles. The first-order valence-corrected chi connectivity index (χ1v) is 8.67. The van der Waals surface area contributed by atoms with E-state index >= 15 is 0 Å². The molecule has 7 heteroatoms. The fourth-order valence-electron chi connectivity index (χ4n) is 2.47. The summed E-state index contributed by atoms with van der Waals surface area (Å²) in [5.41, 5.74) is 3.59. The molecule has 0 saturated heterocycles. The van der Waals surface area contributed by atoms with Crippen LogP contribution in [0.5, 0.6) is 5.95 Å². The highest BCUT2D eigenvalue weighted by molar-refractivity contribution is 7.99. The highest BCUT2D eigenvalue weighted by Gasteiger charge is 2.21. The molecule has 3 rings (SSSR count). The van der Waals surface area contributed by atoms with Gasteiger partial charge < -0.3 is 14.9 Å². The van der Waals surface area contributed by atoms with Gasteiger partial charge in [-0.2, -0.15) is 0 Å². The van der Waals surface area contributed by atoms with Crippen LogP contribution in [0, 0.1) is 13.8 Å². The summed E-state index contributed by atoms with van der Waals surface area (Å²) >= 11 is 1.09. The van der Waals surface area contributed by atoms with Crippen molar-refractivity contribution in [2.24, 2.45) is 0 Å². The average molecular weight is 355 g/mol. The number of carbonyl (C=O) groups excluding carboxylic acids is 1. The Labute approximate surface area is 149 Å². The quantitative estimate of drug-likeness (QED) is 0.561. The molecule has 0 unspecified atom stereocenters. The topological polar surface area (TPSA) is 82.1 Å². The number of thioether (sulfide) groups is 1. The van der Waals surface area contributed by atoms with E-state index < -0.39 is 5.95 Å². The molecule has 1 aromatic heterocycles. The second-order valence-corrected chi connectivity index (χ2v) is 6.59. The van der Waals surface area contributed by atoms with E-state index in [-0.39, 0.29) is 16.7 Å². The van der Waals surface area contributed by atoms with Crippen molar-refractivity contribution < 1.29 is 19.1 Å². The normalized spacial score (nSPS) is 10.6. The van der Waals surface area contributed by atoms with Crippen LogP contribution in [0.25, 0.3) is 5.69 Å². The van der Waals surface area contributed by atoms with E-state index in [1.807, 2.05) is 62.4 Å². The molecular formula is C18H17N3O3S. The van der Waals surface area contributed by atoms with Crippen molar-refractivity contribution in [3.8, 4) is 11.6 Å². The van der Waals surface area contributed by atoms with Crippen molar-refractivity contribution in [3.05, 3.63) is 59.7 Å². The Bertz CT molecular complexity index is 874. The SMILES string of the molecule is Cc1cc(C)cc(NC(=O)CSc2c([O-])on[n+]2-c2ccccc2)c1. The summed E-state index contributed by atoms with van der Waals surface area (Å²) in [5.74, 6) is -0.681. The van der Waals surface area contributed by atoms with Gasteiger partial charge in [-0.15, -0.1) is 0 Å². The van der Waals surface area contributed by atoms with Crippen LogP contribution in [0.2, 0.25) is 0 Å². The molecule has 0 aliphatic rings. The Hall–Kier alpha value is -2.80. The lowest BCUT2D eigenvalue weighted by Gasteiger charge is -2.06. The zero-order valence-electron chi connectivity index (χ0n) is 13.9. The number of para-hydroxylation sites is 1. The van der Waals surface area contributed by atoms with Gasteiger partial charge in [-0.05, 0) is 53.6 Å². The number of amides is 1. The van der Waals surface area contributed by atoms with Gasteiger partial charge in [-0.1, -0.05) is 24.3 Å². The molecule has 0 fully saturated rings. The predicted molar refractivity (Wildman–Crippen MR) is 92.8 cm³/mol. The second-order valence-electron chi connectivity index (χ2n) is 5.63. The van der Waals surface area contributed by atoms with E-state index in [0.29, 0.717) is 5.69 Å². The largest absolute Gasteiger partial charge is 0.538 e. The van der Waals surface area contributed by atoms with Gasteiger partial charge in [0.2, 0.25) is 11.6 Å². The molecule has 6 nitrogen and oxygen atoms in total. The standard InChI is InChI=1S/C18H17N3O3S/c1-12-8-13(2)10-14(9-12)19-16(22)11-25-17-18(23)24-20-21(17)15-6-4-3-5-7-15/h3-10H,11H2,1-2H3,(H-,19,20,22,23). The summed E-state index contributed by atoms with van der Waals surface area (Å²) in [6.45, 7) is 3.95. The number of rotatable bonds is 5. The van der Waals surface area contributed by atoms with Crippen molar-refractivity contribution >= 4 is 23.4 Å². The maximum atomic E-state index is 12.2. The highest BCUT2D eigenvalue weighted by atomic mass is 32.2. The van der Waals surface area contributed by atoms with Crippen LogP contribution in [0.1, 0.15) is 11.1 Å². The Kier molecular flexibility index (Phi) is 5.04. The molecule has 0 radical (unpaired) electrons. The Morgan fingerprint density at radius 3 is 2.56 bits per heavy atom. The highest BCUT2D eigenvalue weighted by Crippen LogP contribution is 2.23. The van der Waals surface area contributed by atoms with Gasteiger partial charge in [0.05, 0.1) is 11.0 Å². The van der Waals surface area contributed by atoms with E-state index in [2.05, 4.69) is 10.6 Å². The first kappa shape index (κ1) is 17.0. The summed E-state index contributed by atoms with van der Waals surface area (Å²) in [5, 5.41) is 18.7. The molecule has 1 amide bonds. The minimum absolute atomic E-state index is 0.0796. The van der Waals surface area contributed by atoms with Crippen LogP contribution in [-0.2, 0) is 4.79 Å². The fourth-order valence-corrected chi connectivity index (χ4v) is 3.23. The Morgan fingerprint density at radius 2 is 1.88 bits per heavy atom. The molecule has 1 N–H and O–H groups in total. The summed E-state index contributed by atoms with van der Waals surface area (Å²) in [6.07, 6.45) is 0. The Balaban J connectivity index is 1.69. The molecule has 1 heterocycles. The summed E-state index contributed by atoms with van der Waals surface area (Å²) in [7, 11) is 0. The van der Waals surface area contributed by atoms with E-state index in [1.165, 1.54) is 4.68 Å². The molecular weight excluding hydrogens is 338 g/mol. The van der Waals surface area contributed by atoms with E-state index in [9.17, 15) is 9.90 Å². The maximum Gasteiger partial charge on any atom is 0.298 e. The third-order valence-electron chi connectivity index (χ3n) is 3.42. The number of aryl methyl sites for hydroxylation is 2. The number of anilines is 1. The minimum Gasteiger partial charge on any atom is -0.538 e. The second kappa shape index (κ2) is 7.40. The number of aromatic nitrogens is 2. The molecule has 0 atom stereocenters. The first-order chi connectivity index (χ1) is 12.0. The minimum atomic E-state index is -0.562. The number of nitrogens with one attached hydrogen (secondary N) is 1. The number of benzene rings is 2. The molecule has 128 valence electrons. The van der Waals surface area contributed by atoms with Gasteiger partial charge >= 0.3 is 0 Å². The van der Waals surface area contributed by atoms with Gasteiger partial charge in [0.1, 0.15) is 0 Å². The first-order valence-electron chi connectivity index (χ1n) is 7.68. The molecule has 0 aliphatic carbocycles. The van der Waals surface area contributed by atoms with E-state index in [0.717, 1.165) is 28.6 Å². The molecule has 25 heavy (non-hydrogen) atoms. The zero-order valence-corrected chi connectivity index (χ0v) is 14.7. The summed E-state index contributed by atoms with van der Waals surface area (Å²) < 4.78 is 6.14. The van der Waals surface area contributed by atoms with Crippen molar-refractivity contribution in [1.29, 1.82) is 0 Å². The van der Waals surface area contributed by atoms with Crippen LogP contribution >= 0.6 is 11.8 Å². The lowest BCUT2D eigenvalue weighted by molar-refractivity contribution is -0.705. The Morgan fingerprint density at radius 1 is 1.20 bits per heavy atom. The third-order valence-corrected chi connectivity index (χ3v) is 4.44. The average Bonchev–Trinajstić information content (AvgIpc) is 2.93. The monoisotopic (exact) mass is 355 g/mol. The van der Waals surface area contributed by atoms with Crippen LogP contribution in [-0.4, -0.2) is 16.9 Å². The third kappa shape index (κ3) is 4.19. The summed E-state index contributed by atoms with van der Waals surface area (Å²) in [4.78, 5) is 12.2. The number of nitrogens with zero attached hydrogens (tertiary/aromatic N) is 2. The smallest absolute Gasteiger partial charge is 0.298 e. The van der Waals surface area contributed by atoms with Crippen molar-refractivity contribution in [2.45, 2.75) is 18.9 Å². The maximum absolute atomic E-state index is 12.2. The van der Waals surface area contributed by atoms with Gasteiger partial charge in [-0.25, -0.2) is 0 Å². The van der Waals surface area contributed by atoms with E-state index in [4.69, 9.17) is 4.52 Å². The van der Waals surface area contributed by atoms with Gasteiger partial charge in [0.25, 0.3) is 5.03 Å². The molecule has 0 saturated carbocycles. The van der Waals surface area contributed by atoms with Crippen molar-refractivity contribution in [1.82, 2.24) is 5.27 Å². The molecule has 3 aromatic rings. The number of hydrogen-bond donors (Lipinski definition) is 1. The van der Waals surface area contributed by atoms with Crippen molar-refractivity contribution in [2.75, 3.05) is 11.1 Å². The van der Waals surface area contributed by atoms with Gasteiger partial charge in [0, 0.05) is 17.8 Å². The van der Waals surface area contributed by atoms with Crippen LogP contribution in [0.4, 0.5) is 5.69 Å². The number of carbonyl (C=O) groups is 1. The summed E-state index contributed by atoms with van der Waals surface area (Å²) in [6, 6.07) is 15.0. The lowest BCUT2D eigenvalue weighted by atomic mass is 10.1. The van der Waals surface area contributed by atoms with Crippen LogP contribution in [0.15, 0.2) is 58.1 Å². The van der Waals surface area contributed by atoms with Crippen LogP contribution < -0.4 is 15.1 Å². The molecule has 0 bridgehead atoms. The number of hydrogen-bond acceptors (Lipinski definition) is 5. The van der Waals surface area contributed by atoms with Crippen LogP contribution in [0.3, 0.4) is 0 Å². The van der Waals surface area contributed by atoms with Crippen molar-refractivity contribution in [3.63, 3.8) is 0 Å². The predicted octanol–water partition coefficient (Wildman–Crippen LogP) is 2.37. The van der Waals surface area contributed by atoms with Gasteiger partial charge in [0.15, 0.2) is 5.95 Å². The lowest BCUT2D eigenvalue weighted by Crippen LogP contribution is -2.35. The zero-order chi connectivity index (χ0) is 17.8. The molecule has 0 spiro atoms.